The Hall–Kier alpha value is -1.46. The smallest absolute Gasteiger partial charge is 0.135 e. The van der Waals surface area contributed by atoms with Crippen molar-refractivity contribution in [2.75, 3.05) is 7.11 Å². The summed E-state index contributed by atoms with van der Waals surface area (Å²) in [6, 6.07) is 7.36. The van der Waals surface area contributed by atoms with Crippen molar-refractivity contribution in [3.8, 4) is 5.75 Å². The number of aliphatic hydroxyl groups is 1. The Morgan fingerprint density at radius 1 is 1.20 bits per heavy atom. The fourth-order valence-corrected chi connectivity index (χ4v) is 2.41. The topological polar surface area (TPSA) is 29.5 Å². The predicted molar refractivity (Wildman–Crippen MR) is 75.9 cm³/mol. The number of methoxy groups -OCH3 is 1. The first-order valence-corrected chi connectivity index (χ1v) is 6.71. The fraction of sp³-hybridized carbons (Fsp3) is 0.200. The molecule has 0 saturated carbocycles. The lowest BCUT2D eigenvalue weighted by Gasteiger charge is -2.17. The minimum atomic E-state index is -1.42. The molecule has 1 N–H and O–H groups in total. The molecule has 0 radical (unpaired) electrons. The van der Waals surface area contributed by atoms with Gasteiger partial charge in [0.15, 0.2) is 0 Å². The molecule has 2 aromatic rings. The lowest BCUT2D eigenvalue weighted by molar-refractivity contribution is 0.207. The molecule has 0 aromatic heterocycles. The van der Waals surface area contributed by atoms with Gasteiger partial charge in [0.05, 0.1) is 12.7 Å². The zero-order valence-electron chi connectivity index (χ0n) is 11.0. The van der Waals surface area contributed by atoms with Crippen LogP contribution in [0.5, 0.6) is 5.75 Å². The van der Waals surface area contributed by atoms with Gasteiger partial charge in [-0.15, -0.1) is 0 Å². The molecule has 1 unspecified atom stereocenters. The third kappa shape index (κ3) is 2.69. The Kier molecular flexibility index (Phi) is 4.40. The normalized spacial score (nSPS) is 12.3. The van der Waals surface area contributed by atoms with E-state index in [9.17, 15) is 13.9 Å². The van der Waals surface area contributed by atoms with E-state index >= 15 is 0 Å². The Morgan fingerprint density at radius 2 is 1.90 bits per heavy atom. The Labute approximate surface area is 124 Å². The molecule has 0 aliphatic heterocycles. The molecule has 106 valence electrons. The maximum Gasteiger partial charge on any atom is 0.135 e. The molecule has 0 saturated heterocycles. The van der Waals surface area contributed by atoms with Crippen LogP contribution in [0.15, 0.2) is 34.8 Å². The van der Waals surface area contributed by atoms with Gasteiger partial charge < -0.3 is 9.84 Å². The molecule has 0 aliphatic carbocycles. The van der Waals surface area contributed by atoms with E-state index in [2.05, 4.69) is 15.9 Å². The number of halogens is 3. The monoisotopic (exact) mass is 342 g/mol. The second-order valence-corrected chi connectivity index (χ2v) is 5.24. The predicted octanol–water partition coefficient (Wildman–Crippen LogP) is 4.13. The number of hydrogen-bond donors (Lipinski definition) is 1. The Balaban J connectivity index is 2.57. The highest BCUT2D eigenvalue weighted by atomic mass is 79.9. The van der Waals surface area contributed by atoms with Gasteiger partial charge in [0.25, 0.3) is 0 Å². The van der Waals surface area contributed by atoms with E-state index in [4.69, 9.17) is 4.74 Å². The highest BCUT2D eigenvalue weighted by Crippen LogP contribution is 2.34. The largest absolute Gasteiger partial charge is 0.497 e. The summed E-state index contributed by atoms with van der Waals surface area (Å²) in [6.07, 6.45) is -1.42. The summed E-state index contributed by atoms with van der Waals surface area (Å²) < 4.78 is 33.5. The molecule has 0 aliphatic rings. The first kappa shape index (κ1) is 14.9. The van der Waals surface area contributed by atoms with Gasteiger partial charge in [-0.1, -0.05) is 22.0 Å². The van der Waals surface area contributed by atoms with Crippen molar-refractivity contribution < 1.29 is 18.6 Å². The second kappa shape index (κ2) is 5.89. The molecule has 2 nitrogen and oxygen atoms in total. The van der Waals surface area contributed by atoms with Crippen molar-refractivity contribution in [3.05, 3.63) is 63.1 Å². The van der Waals surface area contributed by atoms with Gasteiger partial charge in [-0.2, -0.15) is 0 Å². The van der Waals surface area contributed by atoms with Crippen LogP contribution in [0.2, 0.25) is 0 Å². The van der Waals surface area contributed by atoms with Crippen LogP contribution in [0.4, 0.5) is 8.78 Å². The van der Waals surface area contributed by atoms with Crippen molar-refractivity contribution in [3.63, 3.8) is 0 Å². The summed E-state index contributed by atoms with van der Waals surface area (Å²) in [5, 5.41) is 10.3. The SMILES string of the molecule is COc1ccc(Br)c(C(O)c2c(F)ccc(C)c2F)c1. The minimum Gasteiger partial charge on any atom is -0.497 e. The summed E-state index contributed by atoms with van der Waals surface area (Å²) in [5.74, 6) is -1.03. The molecule has 2 rings (SSSR count). The van der Waals surface area contributed by atoms with Gasteiger partial charge in [0, 0.05) is 10.0 Å². The van der Waals surface area contributed by atoms with E-state index in [1.54, 1.807) is 12.1 Å². The van der Waals surface area contributed by atoms with Crippen LogP contribution < -0.4 is 4.74 Å². The van der Waals surface area contributed by atoms with Crippen LogP contribution in [0.25, 0.3) is 0 Å². The molecular formula is C15H13BrF2O2. The van der Waals surface area contributed by atoms with Crippen molar-refractivity contribution >= 4 is 15.9 Å². The van der Waals surface area contributed by atoms with Gasteiger partial charge >= 0.3 is 0 Å². The summed E-state index contributed by atoms with van der Waals surface area (Å²) in [4.78, 5) is 0. The molecule has 20 heavy (non-hydrogen) atoms. The Bertz CT molecular complexity index is 644. The van der Waals surface area contributed by atoms with Crippen LogP contribution >= 0.6 is 15.9 Å². The Morgan fingerprint density at radius 3 is 2.55 bits per heavy atom. The van der Waals surface area contributed by atoms with Crippen LogP contribution in [-0.2, 0) is 0 Å². The lowest BCUT2D eigenvalue weighted by atomic mass is 9.98. The van der Waals surface area contributed by atoms with E-state index < -0.39 is 17.7 Å². The van der Waals surface area contributed by atoms with Crippen molar-refractivity contribution in [2.45, 2.75) is 13.0 Å². The number of hydrogen-bond acceptors (Lipinski definition) is 2. The summed E-state index contributed by atoms with van der Waals surface area (Å²) in [7, 11) is 1.48. The van der Waals surface area contributed by atoms with E-state index in [-0.39, 0.29) is 11.1 Å². The number of rotatable bonds is 3. The average molecular weight is 343 g/mol. The number of ether oxygens (including phenoxy) is 1. The average Bonchev–Trinajstić information content (AvgIpc) is 2.43. The number of aryl methyl sites for hydroxylation is 1. The quantitative estimate of drug-likeness (QED) is 0.908. The second-order valence-electron chi connectivity index (χ2n) is 4.38. The lowest BCUT2D eigenvalue weighted by Crippen LogP contribution is -2.08. The van der Waals surface area contributed by atoms with Crippen LogP contribution in [0.3, 0.4) is 0 Å². The maximum absolute atomic E-state index is 14.1. The zero-order valence-corrected chi connectivity index (χ0v) is 12.5. The maximum atomic E-state index is 14.1. The van der Waals surface area contributed by atoms with Gasteiger partial charge in [-0.3, -0.25) is 0 Å². The third-order valence-corrected chi connectivity index (χ3v) is 3.81. The van der Waals surface area contributed by atoms with Crippen molar-refractivity contribution in [2.24, 2.45) is 0 Å². The number of aliphatic hydroxyl groups excluding tert-OH is 1. The zero-order chi connectivity index (χ0) is 14.9. The molecule has 0 fully saturated rings. The minimum absolute atomic E-state index is 0.277. The number of benzene rings is 2. The standard InChI is InChI=1S/C15H13BrF2O2/c1-8-3-6-12(17)13(14(8)18)15(19)10-7-9(20-2)4-5-11(10)16/h3-7,15,19H,1-2H3. The van der Waals surface area contributed by atoms with Crippen LogP contribution in [0, 0.1) is 18.6 Å². The van der Waals surface area contributed by atoms with E-state index in [0.29, 0.717) is 15.8 Å². The van der Waals surface area contributed by atoms with E-state index in [1.165, 1.54) is 26.2 Å². The first-order valence-electron chi connectivity index (χ1n) is 5.91. The molecule has 2 aromatic carbocycles. The van der Waals surface area contributed by atoms with Crippen LogP contribution in [-0.4, -0.2) is 12.2 Å². The van der Waals surface area contributed by atoms with E-state index in [0.717, 1.165) is 6.07 Å². The summed E-state index contributed by atoms with van der Waals surface area (Å²) >= 11 is 3.26. The molecule has 5 heteroatoms. The highest BCUT2D eigenvalue weighted by molar-refractivity contribution is 9.10. The van der Waals surface area contributed by atoms with Crippen molar-refractivity contribution in [1.82, 2.24) is 0 Å². The molecule has 0 spiro atoms. The molecule has 1 atom stereocenters. The van der Waals surface area contributed by atoms with E-state index in [1.807, 2.05) is 0 Å². The molecule has 0 heterocycles. The fourth-order valence-electron chi connectivity index (χ4n) is 1.94. The van der Waals surface area contributed by atoms with Gasteiger partial charge in [0.2, 0.25) is 0 Å². The van der Waals surface area contributed by atoms with Gasteiger partial charge in [-0.05, 0) is 36.8 Å². The van der Waals surface area contributed by atoms with Crippen LogP contribution in [0.1, 0.15) is 22.8 Å². The van der Waals surface area contributed by atoms with Gasteiger partial charge in [-0.25, -0.2) is 8.78 Å². The molecule has 0 bridgehead atoms. The molecular weight excluding hydrogens is 330 g/mol. The van der Waals surface area contributed by atoms with Crippen molar-refractivity contribution in [1.29, 1.82) is 0 Å². The van der Waals surface area contributed by atoms with Gasteiger partial charge in [0.1, 0.15) is 23.5 Å². The summed E-state index contributed by atoms with van der Waals surface area (Å²) in [6.45, 7) is 1.52. The first-order chi connectivity index (χ1) is 9.45. The molecule has 0 amide bonds. The third-order valence-electron chi connectivity index (χ3n) is 3.09. The highest BCUT2D eigenvalue weighted by Gasteiger charge is 2.23. The summed E-state index contributed by atoms with van der Waals surface area (Å²) in [5.41, 5.74) is 0.256.